The van der Waals surface area contributed by atoms with Crippen LogP contribution in [0.5, 0.6) is 0 Å². The van der Waals surface area contributed by atoms with Crippen LogP contribution in [-0.2, 0) is 10.5 Å². The lowest BCUT2D eigenvalue weighted by Crippen LogP contribution is -2.31. The monoisotopic (exact) mass is 422 g/mol. The third-order valence-corrected chi connectivity index (χ3v) is 5.84. The number of fused-ring (bicyclic) bond motifs is 1. The molecule has 2 aromatic carbocycles. The van der Waals surface area contributed by atoms with Crippen molar-refractivity contribution >= 4 is 29.2 Å². The first-order valence-electron chi connectivity index (χ1n) is 9.27. The average Bonchev–Trinajstić information content (AvgIpc) is 2.71. The summed E-state index contributed by atoms with van der Waals surface area (Å²) in [4.78, 5) is 42.7. The largest absolute Gasteiger partial charge is 0.310 e. The third kappa shape index (κ3) is 4.11. The number of rotatable bonds is 5. The lowest BCUT2D eigenvalue weighted by molar-refractivity contribution is -0.384. The first-order valence-corrected chi connectivity index (χ1v) is 10.3. The fourth-order valence-corrected chi connectivity index (χ4v) is 4.29. The Bertz CT molecular complexity index is 1190. The molecule has 1 atom stereocenters. The van der Waals surface area contributed by atoms with Gasteiger partial charge in [-0.25, -0.2) is 4.98 Å². The van der Waals surface area contributed by atoms with Gasteiger partial charge in [0.25, 0.3) is 11.2 Å². The summed E-state index contributed by atoms with van der Waals surface area (Å²) in [7, 11) is 0. The van der Waals surface area contributed by atoms with Crippen LogP contribution in [0, 0.1) is 17.0 Å². The standard InChI is InChI=1S/C21H18N4O4S/c1-12-3-2-4-13(9-12)11-30-21-23-19-18(20(27)24-21)16(10-17(26)22-19)14-5-7-15(8-6-14)25(28)29/h2-9,16H,10-11H2,1H3,(H2,22,23,24,26,27). The second kappa shape index (κ2) is 8.11. The van der Waals surface area contributed by atoms with E-state index in [2.05, 4.69) is 21.4 Å². The summed E-state index contributed by atoms with van der Waals surface area (Å²) in [6.07, 6.45) is 0.0748. The summed E-state index contributed by atoms with van der Waals surface area (Å²) in [5.41, 5.74) is 2.91. The minimum absolute atomic E-state index is 0.0471. The van der Waals surface area contributed by atoms with Gasteiger partial charge in [0.05, 0.1) is 10.5 Å². The van der Waals surface area contributed by atoms with E-state index in [1.165, 1.54) is 23.9 Å². The second-order valence-corrected chi connectivity index (χ2v) is 8.03. The van der Waals surface area contributed by atoms with Crippen molar-refractivity contribution in [1.29, 1.82) is 0 Å². The molecule has 9 heteroatoms. The number of carbonyl (C=O) groups is 1. The minimum Gasteiger partial charge on any atom is -0.310 e. The molecule has 0 radical (unpaired) electrons. The molecule has 0 bridgehead atoms. The zero-order valence-electron chi connectivity index (χ0n) is 16.0. The van der Waals surface area contributed by atoms with E-state index >= 15 is 0 Å². The molecule has 1 unspecified atom stereocenters. The van der Waals surface area contributed by atoms with Crippen molar-refractivity contribution in [2.45, 2.75) is 30.2 Å². The van der Waals surface area contributed by atoms with Crippen molar-refractivity contribution in [3.8, 4) is 0 Å². The number of hydrogen-bond acceptors (Lipinski definition) is 6. The Morgan fingerprint density at radius 3 is 2.67 bits per heavy atom. The van der Waals surface area contributed by atoms with Crippen molar-refractivity contribution < 1.29 is 9.72 Å². The van der Waals surface area contributed by atoms with E-state index in [4.69, 9.17) is 0 Å². The van der Waals surface area contributed by atoms with Gasteiger partial charge >= 0.3 is 0 Å². The van der Waals surface area contributed by atoms with Crippen molar-refractivity contribution in [2.24, 2.45) is 0 Å². The number of anilines is 1. The molecule has 30 heavy (non-hydrogen) atoms. The number of aryl methyl sites for hydroxylation is 1. The maximum atomic E-state index is 12.8. The van der Waals surface area contributed by atoms with E-state index in [-0.39, 0.29) is 29.4 Å². The molecule has 1 amide bonds. The Morgan fingerprint density at radius 1 is 1.20 bits per heavy atom. The van der Waals surface area contributed by atoms with Crippen molar-refractivity contribution in [3.05, 3.63) is 91.3 Å². The number of benzene rings is 2. The lowest BCUT2D eigenvalue weighted by atomic mass is 9.87. The number of aromatic amines is 1. The maximum absolute atomic E-state index is 12.8. The zero-order valence-corrected chi connectivity index (χ0v) is 16.9. The van der Waals surface area contributed by atoms with Crippen molar-refractivity contribution in [3.63, 3.8) is 0 Å². The Kier molecular flexibility index (Phi) is 5.37. The number of nitrogens with one attached hydrogen (secondary N) is 2. The number of hydrogen-bond donors (Lipinski definition) is 2. The average molecular weight is 422 g/mol. The number of amides is 1. The zero-order chi connectivity index (χ0) is 21.3. The Hall–Kier alpha value is -3.46. The Morgan fingerprint density at radius 2 is 1.97 bits per heavy atom. The van der Waals surface area contributed by atoms with Gasteiger partial charge in [-0.1, -0.05) is 53.7 Å². The summed E-state index contributed by atoms with van der Waals surface area (Å²) >= 11 is 1.38. The molecule has 0 spiro atoms. The maximum Gasteiger partial charge on any atom is 0.269 e. The number of H-pyrrole nitrogens is 1. The van der Waals surface area contributed by atoms with Gasteiger partial charge in [-0.3, -0.25) is 19.7 Å². The van der Waals surface area contributed by atoms with Gasteiger partial charge in [0, 0.05) is 30.2 Å². The quantitative estimate of drug-likeness (QED) is 0.280. The molecule has 4 rings (SSSR count). The number of non-ortho nitro benzene ring substituents is 1. The van der Waals surface area contributed by atoms with Gasteiger partial charge in [-0.2, -0.15) is 0 Å². The number of aromatic nitrogens is 2. The number of nitro groups is 1. The third-order valence-electron chi connectivity index (χ3n) is 4.89. The molecule has 2 N–H and O–H groups in total. The summed E-state index contributed by atoms with van der Waals surface area (Å²) < 4.78 is 0. The minimum atomic E-state index is -0.512. The van der Waals surface area contributed by atoms with Crippen LogP contribution in [0.25, 0.3) is 0 Å². The number of thioether (sulfide) groups is 1. The first kappa shape index (κ1) is 19.8. The van der Waals surface area contributed by atoms with E-state index in [0.717, 1.165) is 11.1 Å². The SMILES string of the molecule is Cc1cccc(CSc2nc3c(c(=O)[nH]2)C(c2ccc([N+](=O)[O-])cc2)CC(=O)N3)c1. The van der Waals surface area contributed by atoms with Gasteiger partial charge < -0.3 is 10.3 Å². The van der Waals surface area contributed by atoms with Gasteiger partial charge in [0.15, 0.2) is 5.16 Å². The number of nitrogens with zero attached hydrogens (tertiary/aromatic N) is 2. The van der Waals surface area contributed by atoms with Crippen LogP contribution in [0.2, 0.25) is 0 Å². The summed E-state index contributed by atoms with van der Waals surface area (Å²) in [5.74, 6) is 0.105. The Labute approximate surface area is 175 Å². The molecule has 1 aliphatic rings. The van der Waals surface area contributed by atoms with E-state index in [1.807, 2.05) is 25.1 Å². The summed E-state index contributed by atoms with van der Waals surface area (Å²) in [6.45, 7) is 2.01. The molecule has 1 aliphatic heterocycles. The molecule has 0 aliphatic carbocycles. The smallest absolute Gasteiger partial charge is 0.269 e. The highest BCUT2D eigenvalue weighted by Crippen LogP contribution is 2.35. The molecule has 0 saturated heterocycles. The van der Waals surface area contributed by atoms with E-state index < -0.39 is 10.8 Å². The van der Waals surface area contributed by atoms with Gasteiger partial charge in [0.1, 0.15) is 5.82 Å². The topological polar surface area (TPSA) is 118 Å². The summed E-state index contributed by atoms with van der Waals surface area (Å²) in [6, 6.07) is 13.9. The number of carbonyl (C=O) groups excluding carboxylic acids is 1. The van der Waals surface area contributed by atoms with Gasteiger partial charge in [-0.05, 0) is 18.1 Å². The molecule has 8 nitrogen and oxygen atoms in total. The molecule has 152 valence electrons. The fraction of sp³-hybridized carbons (Fsp3) is 0.190. The van der Waals surface area contributed by atoms with Crippen LogP contribution in [0.1, 0.15) is 34.6 Å². The van der Waals surface area contributed by atoms with Crippen LogP contribution >= 0.6 is 11.8 Å². The van der Waals surface area contributed by atoms with Crippen LogP contribution < -0.4 is 10.9 Å². The fourth-order valence-electron chi connectivity index (χ4n) is 3.49. The van der Waals surface area contributed by atoms with Crippen LogP contribution in [-0.4, -0.2) is 20.8 Å². The van der Waals surface area contributed by atoms with Crippen LogP contribution in [0.15, 0.2) is 58.5 Å². The molecule has 2 heterocycles. The molecular formula is C21H18N4O4S. The van der Waals surface area contributed by atoms with Gasteiger partial charge in [0.2, 0.25) is 5.91 Å². The molecule has 0 fully saturated rings. The lowest BCUT2D eigenvalue weighted by Gasteiger charge is -2.24. The molecular weight excluding hydrogens is 404 g/mol. The molecule has 0 saturated carbocycles. The molecule has 3 aromatic rings. The first-order chi connectivity index (χ1) is 14.4. The second-order valence-electron chi connectivity index (χ2n) is 7.06. The highest BCUT2D eigenvalue weighted by molar-refractivity contribution is 7.98. The highest BCUT2D eigenvalue weighted by Gasteiger charge is 2.31. The highest BCUT2D eigenvalue weighted by atomic mass is 32.2. The van der Waals surface area contributed by atoms with Crippen LogP contribution in [0.4, 0.5) is 11.5 Å². The normalized spacial score (nSPS) is 15.4. The van der Waals surface area contributed by atoms with Crippen LogP contribution in [0.3, 0.4) is 0 Å². The van der Waals surface area contributed by atoms with Gasteiger partial charge in [-0.15, -0.1) is 0 Å². The van der Waals surface area contributed by atoms with E-state index in [9.17, 15) is 19.7 Å². The Balaban J connectivity index is 1.64. The van der Waals surface area contributed by atoms with Crippen molar-refractivity contribution in [1.82, 2.24) is 9.97 Å². The number of nitro benzene ring substituents is 1. The van der Waals surface area contributed by atoms with Crippen molar-refractivity contribution in [2.75, 3.05) is 5.32 Å². The van der Waals surface area contributed by atoms with E-state index in [0.29, 0.717) is 22.0 Å². The predicted octanol–water partition coefficient (Wildman–Crippen LogP) is 3.75. The summed E-state index contributed by atoms with van der Waals surface area (Å²) in [5, 5.41) is 14.0. The molecule has 1 aromatic heterocycles. The predicted molar refractivity (Wildman–Crippen MR) is 114 cm³/mol. The van der Waals surface area contributed by atoms with E-state index in [1.54, 1.807) is 12.1 Å².